The largest absolute Gasteiger partial charge is 0.360 e. The third-order valence-corrected chi connectivity index (χ3v) is 8.93. The van der Waals surface area contributed by atoms with Crippen LogP contribution in [0.2, 0.25) is 5.02 Å². The van der Waals surface area contributed by atoms with Crippen LogP contribution < -0.4 is 0 Å². The van der Waals surface area contributed by atoms with Crippen molar-refractivity contribution >= 4 is 43.0 Å². The molecule has 0 atom stereocenters. The van der Waals surface area contributed by atoms with Crippen molar-refractivity contribution < 1.29 is 12.9 Å². The molecule has 1 aliphatic rings. The van der Waals surface area contributed by atoms with Gasteiger partial charge in [0.2, 0.25) is 10.0 Å². The van der Waals surface area contributed by atoms with Crippen molar-refractivity contribution in [3.05, 3.63) is 45.6 Å². The van der Waals surface area contributed by atoms with Crippen molar-refractivity contribution in [3.63, 3.8) is 0 Å². The minimum Gasteiger partial charge on any atom is -0.360 e. The average molecular weight is 440 g/mol. The van der Waals surface area contributed by atoms with E-state index in [1.54, 1.807) is 29.5 Å². The van der Waals surface area contributed by atoms with Gasteiger partial charge in [-0.25, -0.2) is 8.42 Å². The van der Waals surface area contributed by atoms with Crippen molar-refractivity contribution in [2.45, 2.75) is 31.7 Å². The van der Waals surface area contributed by atoms with Crippen LogP contribution in [0.25, 0.3) is 10.1 Å². The molecule has 28 heavy (non-hydrogen) atoms. The van der Waals surface area contributed by atoms with Gasteiger partial charge < -0.3 is 4.52 Å². The lowest BCUT2D eigenvalue weighted by Gasteiger charge is -2.21. The van der Waals surface area contributed by atoms with Crippen LogP contribution in [0.4, 0.5) is 0 Å². The second kappa shape index (κ2) is 7.76. The number of rotatable bonds is 4. The summed E-state index contributed by atoms with van der Waals surface area (Å²) in [6.45, 7) is 6.46. The molecule has 1 fully saturated rings. The van der Waals surface area contributed by atoms with Crippen LogP contribution in [0.5, 0.6) is 0 Å². The lowest BCUT2D eigenvalue weighted by Crippen LogP contribution is -2.35. The molecule has 6 nitrogen and oxygen atoms in total. The molecular weight excluding hydrogens is 418 g/mol. The molecule has 4 rings (SSSR count). The van der Waals surface area contributed by atoms with Crippen molar-refractivity contribution in [1.82, 2.24) is 14.4 Å². The predicted octanol–water partition coefficient (Wildman–Crippen LogP) is 4.06. The van der Waals surface area contributed by atoms with Crippen LogP contribution >= 0.6 is 22.9 Å². The first-order valence-corrected chi connectivity index (χ1v) is 11.8. The number of sulfonamides is 1. The second-order valence-corrected chi connectivity index (χ2v) is 10.4. The summed E-state index contributed by atoms with van der Waals surface area (Å²) in [5.41, 5.74) is 0.413. The fourth-order valence-electron chi connectivity index (χ4n) is 3.69. The van der Waals surface area contributed by atoms with Gasteiger partial charge in [0.05, 0.1) is 5.02 Å². The number of fused-ring (bicyclic) bond motifs is 1. The minimum atomic E-state index is -3.60. The van der Waals surface area contributed by atoms with Gasteiger partial charge in [-0.05, 0) is 32.9 Å². The second-order valence-electron chi connectivity index (χ2n) is 7.02. The number of nitrogens with zero attached hydrogens (tertiary/aromatic N) is 3. The molecule has 1 aromatic carbocycles. The molecule has 9 heteroatoms. The number of halogens is 1. The van der Waals surface area contributed by atoms with Crippen molar-refractivity contribution in [1.29, 1.82) is 0 Å². The Hall–Kier alpha value is -1.45. The maximum atomic E-state index is 13.1. The van der Waals surface area contributed by atoms with Gasteiger partial charge >= 0.3 is 0 Å². The van der Waals surface area contributed by atoms with Gasteiger partial charge in [0, 0.05) is 41.1 Å². The van der Waals surface area contributed by atoms with Gasteiger partial charge in [0.15, 0.2) is 5.76 Å². The first-order chi connectivity index (χ1) is 13.4. The Kier molecular flexibility index (Phi) is 5.50. The fraction of sp³-hybridized carbons (Fsp3) is 0.421. The van der Waals surface area contributed by atoms with E-state index in [2.05, 4.69) is 16.1 Å². The summed E-state index contributed by atoms with van der Waals surface area (Å²) in [6, 6.07) is 8.13. The summed E-state index contributed by atoms with van der Waals surface area (Å²) in [7, 11) is -3.60. The SMILES string of the molecule is Cc1noc(C)c1S(=O)(=O)N1CCCN(Cc2sc3ccccc3c2Cl)CC1. The first kappa shape index (κ1) is 19.8. The molecule has 0 bridgehead atoms. The third kappa shape index (κ3) is 3.59. The number of benzene rings is 1. The van der Waals surface area contributed by atoms with Crippen LogP contribution in [-0.2, 0) is 16.6 Å². The lowest BCUT2D eigenvalue weighted by atomic mass is 10.2. The number of aryl methyl sites for hydroxylation is 2. The van der Waals surface area contributed by atoms with Gasteiger partial charge in [-0.15, -0.1) is 11.3 Å². The Morgan fingerprint density at radius 1 is 1.18 bits per heavy atom. The van der Waals surface area contributed by atoms with E-state index in [0.717, 1.165) is 34.8 Å². The summed E-state index contributed by atoms with van der Waals surface area (Å²) in [6.07, 6.45) is 0.769. The lowest BCUT2D eigenvalue weighted by molar-refractivity contribution is 0.281. The monoisotopic (exact) mass is 439 g/mol. The number of hydrogen-bond acceptors (Lipinski definition) is 6. The molecular formula is C19H22ClN3O3S2. The maximum Gasteiger partial charge on any atom is 0.248 e. The van der Waals surface area contributed by atoms with E-state index in [1.807, 2.05) is 18.2 Å². The highest BCUT2D eigenvalue weighted by Gasteiger charge is 2.32. The molecule has 1 saturated heterocycles. The van der Waals surface area contributed by atoms with Crippen molar-refractivity contribution in [2.75, 3.05) is 26.2 Å². The van der Waals surface area contributed by atoms with E-state index in [-0.39, 0.29) is 4.90 Å². The van der Waals surface area contributed by atoms with E-state index in [0.29, 0.717) is 31.1 Å². The summed E-state index contributed by atoms with van der Waals surface area (Å²) < 4.78 is 33.9. The molecule has 3 aromatic rings. The van der Waals surface area contributed by atoms with Gasteiger partial charge in [0.25, 0.3) is 0 Å². The molecule has 0 radical (unpaired) electrons. The molecule has 3 heterocycles. The van der Waals surface area contributed by atoms with E-state index in [1.165, 1.54) is 4.70 Å². The number of hydrogen-bond donors (Lipinski definition) is 0. The standard InChI is InChI=1S/C19H22ClN3O3S2/c1-13-19(14(2)26-21-13)28(24,25)23-9-5-8-22(10-11-23)12-17-18(20)15-6-3-4-7-16(15)27-17/h3-4,6-7H,5,8-12H2,1-2H3. The van der Waals surface area contributed by atoms with Crippen LogP contribution in [0.3, 0.4) is 0 Å². The molecule has 2 aromatic heterocycles. The maximum absolute atomic E-state index is 13.1. The van der Waals surface area contributed by atoms with Crippen molar-refractivity contribution in [2.24, 2.45) is 0 Å². The summed E-state index contributed by atoms with van der Waals surface area (Å²) in [5, 5.41) is 5.69. The molecule has 0 aliphatic carbocycles. The highest BCUT2D eigenvalue weighted by molar-refractivity contribution is 7.89. The average Bonchev–Trinajstić information content (AvgIpc) is 3.05. The fourth-order valence-corrected chi connectivity index (χ4v) is 6.98. The molecule has 150 valence electrons. The number of aromatic nitrogens is 1. The zero-order valence-corrected chi connectivity index (χ0v) is 18.2. The Balaban J connectivity index is 1.50. The number of thiophene rings is 1. The van der Waals surface area contributed by atoms with E-state index in [4.69, 9.17) is 16.1 Å². The van der Waals surface area contributed by atoms with Gasteiger partial charge in [-0.1, -0.05) is 35.0 Å². The topological polar surface area (TPSA) is 66.7 Å². The predicted molar refractivity (Wildman–Crippen MR) is 111 cm³/mol. The van der Waals surface area contributed by atoms with Crippen LogP contribution in [0.1, 0.15) is 22.8 Å². The normalized spacial score (nSPS) is 17.2. The Morgan fingerprint density at radius 3 is 2.68 bits per heavy atom. The smallest absolute Gasteiger partial charge is 0.248 e. The summed E-state index contributed by atoms with van der Waals surface area (Å²) >= 11 is 8.29. The molecule has 0 N–H and O–H groups in total. The van der Waals surface area contributed by atoms with Gasteiger partial charge in [-0.3, -0.25) is 4.90 Å². The Labute approximate surface area is 173 Å². The van der Waals surface area contributed by atoms with E-state index >= 15 is 0 Å². The summed E-state index contributed by atoms with van der Waals surface area (Å²) in [4.78, 5) is 3.61. The van der Waals surface area contributed by atoms with E-state index in [9.17, 15) is 8.42 Å². The molecule has 0 spiro atoms. The Morgan fingerprint density at radius 2 is 1.96 bits per heavy atom. The minimum absolute atomic E-state index is 0.202. The zero-order valence-electron chi connectivity index (χ0n) is 15.8. The third-order valence-electron chi connectivity index (χ3n) is 5.08. The van der Waals surface area contributed by atoms with Crippen LogP contribution in [0, 0.1) is 13.8 Å². The van der Waals surface area contributed by atoms with E-state index < -0.39 is 10.0 Å². The highest BCUT2D eigenvalue weighted by Crippen LogP contribution is 2.36. The van der Waals surface area contributed by atoms with Gasteiger partial charge in [-0.2, -0.15) is 4.31 Å². The quantitative estimate of drug-likeness (QED) is 0.613. The van der Waals surface area contributed by atoms with Crippen LogP contribution in [0.15, 0.2) is 33.7 Å². The molecule has 0 saturated carbocycles. The molecule has 0 amide bonds. The Bertz CT molecular complexity index is 1090. The molecule has 0 unspecified atom stereocenters. The zero-order chi connectivity index (χ0) is 19.9. The summed E-state index contributed by atoms with van der Waals surface area (Å²) in [5.74, 6) is 0.343. The molecule has 1 aliphatic heterocycles. The van der Waals surface area contributed by atoms with Crippen LogP contribution in [-0.4, -0.2) is 49.0 Å². The highest BCUT2D eigenvalue weighted by atomic mass is 35.5. The van der Waals surface area contributed by atoms with Crippen molar-refractivity contribution in [3.8, 4) is 0 Å². The van der Waals surface area contributed by atoms with Gasteiger partial charge in [0.1, 0.15) is 10.6 Å². The first-order valence-electron chi connectivity index (χ1n) is 9.19.